The van der Waals surface area contributed by atoms with Crippen LogP contribution < -0.4 is 10.1 Å². The molecule has 1 rings (SSSR count). The first kappa shape index (κ1) is 14.9. The maximum atomic E-state index is 5.53. The Morgan fingerprint density at radius 1 is 1.22 bits per heavy atom. The van der Waals surface area contributed by atoms with Crippen LogP contribution in [-0.4, -0.2) is 36.6 Å². The molecule has 1 aromatic heterocycles. The highest BCUT2D eigenvalue weighted by Gasteiger charge is 2.05. The third-order valence-corrected chi connectivity index (χ3v) is 2.28. The normalized spacial score (nSPS) is 12.7. The average molecular weight is 253 g/mol. The zero-order chi connectivity index (χ0) is 13.4. The standard InChI is InChI=1S/C13H23N3O2/c1-10(2)7-14-8-12-5-6-13(16-15-12)18-11(3)9-17-4/h5-6,10-11,14H,7-9H2,1-4H3. The van der Waals surface area contributed by atoms with Crippen molar-refractivity contribution in [1.29, 1.82) is 0 Å². The quantitative estimate of drug-likeness (QED) is 0.763. The SMILES string of the molecule is COCC(C)Oc1ccc(CNCC(C)C)nn1. The minimum absolute atomic E-state index is 0.0192. The topological polar surface area (TPSA) is 56.3 Å². The van der Waals surface area contributed by atoms with Crippen LogP contribution in [0, 0.1) is 5.92 Å². The van der Waals surface area contributed by atoms with Crippen molar-refractivity contribution < 1.29 is 9.47 Å². The number of nitrogens with one attached hydrogen (secondary N) is 1. The van der Waals surface area contributed by atoms with E-state index in [9.17, 15) is 0 Å². The fourth-order valence-electron chi connectivity index (χ4n) is 1.47. The number of hydrogen-bond donors (Lipinski definition) is 1. The van der Waals surface area contributed by atoms with Crippen LogP contribution in [0.3, 0.4) is 0 Å². The lowest BCUT2D eigenvalue weighted by Gasteiger charge is -2.12. The van der Waals surface area contributed by atoms with Gasteiger partial charge in [0.25, 0.3) is 0 Å². The van der Waals surface area contributed by atoms with Gasteiger partial charge in [-0.2, -0.15) is 5.10 Å². The number of methoxy groups -OCH3 is 1. The Labute approximate surface area is 109 Å². The maximum absolute atomic E-state index is 5.53. The van der Waals surface area contributed by atoms with Crippen molar-refractivity contribution in [3.63, 3.8) is 0 Å². The van der Waals surface area contributed by atoms with E-state index in [1.807, 2.05) is 19.1 Å². The Balaban J connectivity index is 2.37. The third kappa shape index (κ3) is 5.93. The molecule has 0 spiro atoms. The molecule has 5 heteroatoms. The highest BCUT2D eigenvalue weighted by molar-refractivity contribution is 5.11. The molecular formula is C13H23N3O2. The highest BCUT2D eigenvalue weighted by Crippen LogP contribution is 2.07. The van der Waals surface area contributed by atoms with E-state index < -0.39 is 0 Å². The molecule has 5 nitrogen and oxygen atoms in total. The smallest absolute Gasteiger partial charge is 0.233 e. The van der Waals surface area contributed by atoms with Gasteiger partial charge < -0.3 is 14.8 Å². The number of rotatable bonds is 8. The van der Waals surface area contributed by atoms with Crippen LogP contribution in [0.2, 0.25) is 0 Å². The van der Waals surface area contributed by atoms with Crippen molar-refractivity contribution in [1.82, 2.24) is 15.5 Å². The monoisotopic (exact) mass is 253 g/mol. The van der Waals surface area contributed by atoms with Gasteiger partial charge in [0.05, 0.1) is 12.3 Å². The summed E-state index contributed by atoms with van der Waals surface area (Å²) >= 11 is 0. The van der Waals surface area contributed by atoms with Gasteiger partial charge in [-0.15, -0.1) is 5.10 Å². The van der Waals surface area contributed by atoms with Crippen LogP contribution in [0.4, 0.5) is 0 Å². The molecule has 0 fully saturated rings. The molecule has 0 saturated carbocycles. The van der Waals surface area contributed by atoms with Gasteiger partial charge in [-0.25, -0.2) is 0 Å². The first-order valence-electron chi connectivity index (χ1n) is 6.30. The Hall–Kier alpha value is -1.20. The second-order valence-electron chi connectivity index (χ2n) is 4.77. The van der Waals surface area contributed by atoms with E-state index in [0.717, 1.165) is 18.8 Å². The first-order valence-corrected chi connectivity index (χ1v) is 6.30. The Morgan fingerprint density at radius 2 is 2.00 bits per heavy atom. The van der Waals surface area contributed by atoms with Gasteiger partial charge in [0, 0.05) is 19.7 Å². The van der Waals surface area contributed by atoms with Gasteiger partial charge >= 0.3 is 0 Å². The van der Waals surface area contributed by atoms with E-state index in [2.05, 4.69) is 29.4 Å². The Morgan fingerprint density at radius 3 is 2.56 bits per heavy atom. The number of aromatic nitrogens is 2. The molecule has 1 heterocycles. The zero-order valence-electron chi connectivity index (χ0n) is 11.6. The summed E-state index contributed by atoms with van der Waals surface area (Å²) in [7, 11) is 1.65. The molecule has 0 amide bonds. The largest absolute Gasteiger partial charge is 0.471 e. The molecule has 0 saturated heterocycles. The summed E-state index contributed by atoms with van der Waals surface area (Å²) < 4.78 is 10.5. The van der Waals surface area contributed by atoms with Crippen molar-refractivity contribution in [2.45, 2.75) is 33.4 Å². The molecule has 1 unspecified atom stereocenters. The van der Waals surface area contributed by atoms with Crippen LogP contribution in [-0.2, 0) is 11.3 Å². The summed E-state index contributed by atoms with van der Waals surface area (Å²) in [5.74, 6) is 1.17. The molecule has 1 aromatic rings. The molecule has 1 atom stereocenters. The Bertz CT molecular complexity index is 328. The van der Waals surface area contributed by atoms with Crippen molar-refractivity contribution in [3.05, 3.63) is 17.8 Å². The van der Waals surface area contributed by atoms with Gasteiger partial charge in [0.15, 0.2) is 0 Å². The molecule has 0 aliphatic carbocycles. The lowest BCUT2D eigenvalue weighted by molar-refractivity contribution is 0.0882. The number of nitrogens with zero attached hydrogens (tertiary/aromatic N) is 2. The summed E-state index contributed by atoms with van der Waals surface area (Å²) in [5.41, 5.74) is 0.919. The molecule has 18 heavy (non-hydrogen) atoms. The molecular weight excluding hydrogens is 230 g/mol. The lowest BCUT2D eigenvalue weighted by Crippen LogP contribution is -2.21. The molecule has 102 valence electrons. The van der Waals surface area contributed by atoms with E-state index in [1.54, 1.807) is 7.11 Å². The molecule has 0 bridgehead atoms. The Kier molecular flexibility index (Phi) is 6.60. The van der Waals surface area contributed by atoms with Gasteiger partial charge in [0.1, 0.15) is 6.10 Å². The molecule has 0 radical (unpaired) electrons. The molecule has 1 N–H and O–H groups in total. The minimum atomic E-state index is -0.0192. The zero-order valence-corrected chi connectivity index (χ0v) is 11.6. The minimum Gasteiger partial charge on any atom is -0.471 e. The summed E-state index contributed by atoms with van der Waals surface area (Å²) in [6.07, 6.45) is -0.0192. The summed E-state index contributed by atoms with van der Waals surface area (Å²) in [6, 6.07) is 3.76. The van der Waals surface area contributed by atoms with E-state index >= 15 is 0 Å². The van der Waals surface area contributed by atoms with Gasteiger partial charge in [-0.3, -0.25) is 0 Å². The van der Waals surface area contributed by atoms with E-state index in [0.29, 0.717) is 18.4 Å². The summed E-state index contributed by atoms with van der Waals surface area (Å²) in [5, 5.41) is 11.5. The van der Waals surface area contributed by atoms with Crippen LogP contribution in [0.5, 0.6) is 5.88 Å². The molecule has 0 aliphatic rings. The van der Waals surface area contributed by atoms with E-state index in [-0.39, 0.29) is 6.10 Å². The van der Waals surface area contributed by atoms with Crippen molar-refractivity contribution in [2.24, 2.45) is 5.92 Å². The molecule has 0 aromatic carbocycles. The van der Waals surface area contributed by atoms with Gasteiger partial charge in [-0.05, 0) is 25.5 Å². The second-order valence-corrected chi connectivity index (χ2v) is 4.77. The van der Waals surface area contributed by atoms with Crippen molar-refractivity contribution in [2.75, 3.05) is 20.3 Å². The van der Waals surface area contributed by atoms with Crippen molar-refractivity contribution >= 4 is 0 Å². The van der Waals surface area contributed by atoms with Crippen LogP contribution in [0.1, 0.15) is 26.5 Å². The summed E-state index contributed by atoms with van der Waals surface area (Å²) in [4.78, 5) is 0. The van der Waals surface area contributed by atoms with Gasteiger partial charge in [-0.1, -0.05) is 13.8 Å². The number of ether oxygens (including phenoxy) is 2. The molecule has 0 aliphatic heterocycles. The third-order valence-electron chi connectivity index (χ3n) is 2.28. The van der Waals surface area contributed by atoms with Crippen molar-refractivity contribution in [3.8, 4) is 5.88 Å². The number of hydrogen-bond acceptors (Lipinski definition) is 5. The predicted molar refractivity (Wildman–Crippen MR) is 70.5 cm³/mol. The second kappa shape index (κ2) is 8.00. The van der Waals surface area contributed by atoms with Crippen LogP contribution in [0.25, 0.3) is 0 Å². The highest BCUT2D eigenvalue weighted by atomic mass is 16.5. The fraction of sp³-hybridized carbons (Fsp3) is 0.692. The fourth-order valence-corrected chi connectivity index (χ4v) is 1.47. The average Bonchev–Trinajstić information content (AvgIpc) is 2.31. The first-order chi connectivity index (χ1) is 8.61. The maximum Gasteiger partial charge on any atom is 0.233 e. The van der Waals surface area contributed by atoms with Crippen LogP contribution >= 0.6 is 0 Å². The van der Waals surface area contributed by atoms with Crippen LogP contribution in [0.15, 0.2) is 12.1 Å². The lowest BCUT2D eigenvalue weighted by atomic mass is 10.2. The predicted octanol–water partition coefficient (Wildman–Crippen LogP) is 1.64. The van der Waals surface area contributed by atoms with E-state index in [4.69, 9.17) is 9.47 Å². The van der Waals surface area contributed by atoms with Gasteiger partial charge in [0.2, 0.25) is 5.88 Å². The van der Waals surface area contributed by atoms with E-state index in [1.165, 1.54) is 0 Å². The summed E-state index contributed by atoms with van der Waals surface area (Å²) in [6.45, 7) is 8.53.